The minimum Gasteiger partial charge on any atom is -0.478 e. The van der Waals surface area contributed by atoms with Crippen molar-refractivity contribution in [3.8, 4) is 0 Å². The van der Waals surface area contributed by atoms with Crippen LogP contribution in [0.25, 0.3) is 10.9 Å². The molecule has 0 aliphatic heterocycles. The molecule has 1 N–H and O–H groups in total. The van der Waals surface area contributed by atoms with Gasteiger partial charge < -0.3 is 14.4 Å². The van der Waals surface area contributed by atoms with E-state index in [1.807, 2.05) is 0 Å². The van der Waals surface area contributed by atoms with Crippen molar-refractivity contribution >= 4 is 16.9 Å². The van der Waals surface area contributed by atoms with Gasteiger partial charge in [-0.3, -0.25) is 0 Å². The predicted molar refractivity (Wildman–Crippen MR) is 75.2 cm³/mol. The van der Waals surface area contributed by atoms with Crippen LogP contribution >= 0.6 is 0 Å². The summed E-state index contributed by atoms with van der Waals surface area (Å²) in [6.07, 6.45) is -6.57. The highest BCUT2D eigenvalue weighted by atomic mass is 19.4. The van der Waals surface area contributed by atoms with Crippen molar-refractivity contribution in [1.82, 2.24) is 4.57 Å². The van der Waals surface area contributed by atoms with Gasteiger partial charge in [0.25, 0.3) is 0 Å². The molecule has 0 fully saturated rings. The number of carbonyl (C=O) groups is 1. The lowest BCUT2D eigenvalue weighted by Crippen LogP contribution is -2.38. The molecule has 120 valence electrons. The summed E-state index contributed by atoms with van der Waals surface area (Å²) in [6.45, 7) is 2.87. The Hall–Kier alpha value is -2.02. The first kappa shape index (κ1) is 16.4. The van der Waals surface area contributed by atoms with Crippen LogP contribution in [-0.2, 0) is 4.74 Å². The van der Waals surface area contributed by atoms with E-state index in [4.69, 9.17) is 0 Å². The summed E-state index contributed by atoms with van der Waals surface area (Å²) in [5.41, 5.74) is 0.725. The monoisotopic (exact) mass is 315 g/mol. The van der Waals surface area contributed by atoms with Crippen LogP contribution in [0.4, 0.5) is 13.2 Å². The smallest absolute Gasteiger partial charge is 0.416 e. The van der Waals surface area contributed by atoms with E-state index in [2.05, 4.69) is 4.74 Å². The quantitative estimate of drug-likeness (QED) is 0.934. The highest BCUT2D eigenvalue weighted by Gasteiger charge is 2.45. The maximum atomic E-state index is 13.1. The molecule has 2 aromatic rings. The fourth-order valence-corrected chi connectivity index (χ4v) is 2.93. The summed E-state index contributed by atoms with van der Waals surface area (Å²) in [5, 5.41) is 9.76. The van der Waals surface area contributed by atoms with Crippen LogP contribution in [-0.4, -0.2) is 35.0 Å². The average Bonchev–Trinajstić information content (AvgIpc) is 2.69. The molecular weight excluding hydrogens is 299 g/mol. The number of carboxylic acids is 1. The Kier molecular flexibility index (Phi) is 4.19. The summed E-state index contributed by atoms with van der Waals surface area (Å²) in [6, 6.07) is 5.41. The van der Waals surface area contributed by atoms with Crippen molar-refractivity contribution in [1.29, 1.82) is 0 Å². The molecule has 4 nitrogen and oxygen atoms in total. The Morgan fingerprint density at radius 3 is 2.41 bits per heavy atom. The van der Waals surface area contributed by atoms with E-state index in [0.29, 0.717) is 10.9 Å². The first-order chi connectivity index (χ1) is 10.2. The molecule has 0 aliphatic carbocycles. The number of carboxylic acid groups (broad SMARTS) is 1. The summed E-state index contributed by atoms with van der Waals surface area (Å²) >= 11 is 0. The Morgan fingerprint density at radius 1 is 1.32 bits per heavy atom. The summed E-state index contributed by atoms with van der Waals surface area (Å²) in [5.74, 6) is -1.17. The highest BCUT2D eigenvalue weighted by molar-refractivity contribution is 6.05. The third-order valence-corrected chi connectivity index (χ3v) is 3.79. The maximum absolute atomic E-state index is 13.1. The molecule has 2 unspecified atom stereocenters. The second kappa shape index (κ2) is 5.64. The van der Waals surface area contributed by atoms with Crippen molar-refractivity contribution in [3.05, 3.63) is 35.5 Å². The van der Waals surface area contributed by atoms with Crippen molar-refractivity contribution < 1.29 is 27.8 Å². The molecule has 7 heteroatoms. The van der Waals surface area contributed by atoms with Gasteiger partial charge in [0, 0.05) is 23.7 Å². The van der Waals surface area contributed by atoms with Gasteiger partial charge in [-0.1, -0.05) is 18.2 Å². The molecule has 0 aliphatic rings. The number of ether oxygens (including phenoxy) is 1. The number of methoxy groups -OCH3 is 1. The molecule has 0 spiro atoms. The van der Waals surface area contributed by atoms with E-state index < -0.39 is 24.3 Å². The number of fused-ring (bicyclic) bond motifs is 1. The van der Waals surface area contributed by atoms with Crippen LogP contribution in [0.1, 0.15) is 29.0 Å². The van der Waals surface area contributed by atoms with Crippen molar-refractivity contribution in [2.75, 3.05) is 7.11 Å². The minimum absolute atomic E-state index is 0.0134. The van der Waals surface area contributed by atoms with Crippen molar-refractivity contribution in [2.45, 2.75) is 32.2 Å². The molecule has 22 heavy (non-hydrogen) atoms. The van der Waals surface area contributed by atoms with Gasteiger partial charge in [-0.25, -0.2) is 4.79 Å². The zero-order valence-corrected chi connectivity index (χ0v) is 12.3. The third-order valence-electron chi connectivity index (χ3n) is 3.79. The fourth-order valence-electron chi connectivity index (χ4n) is 2.93. The van der Waals surface area contributed by atoms with Crippen LogP contribution in [0.5, 0.6) is 0 Å². The van der Waals surface area contributed by atoms with E-state index in [1.165, 1.54) is 18.4 Å². The number of benzene rings is 1. The molecule has 0 saturated carbocycles. The largest absolute Gasteiger partial charge is 0.478 e. The number of hydrogen-bond donors (Lipinski definition) is 1. The molecule has 0 radical (unpaired) electrons. The molecule has 1 aromatic carbocycles. The summed E-state index contributed by atoms with van der Waals surface area (Å²) < 4.78 is 45.3. The SMILES string of the molecule is COC(C(C)n1c(C)c(C(=O)O)c2ccccc21)C(F)(F)F. The first-order valence-corrected chi connectivity index (χ1v) is 6.62. The summed E-state index contributed by atoms with van der Waals surface area (Å²) in [4.78, 5) is 11.4. The third kappa shape index (κ3) is 2.56. The highest BCUT2D eigenvalue weighted by Crippen LogP contribution is 2.36. The van der Waals surface area contributed by atoms with E-state index >= 15 is 0 Å². The topological polar surface area (TPSA) is 51.5 Å². The molecule has 0 amide bonds. The van der Waals surface area contributed by atoms with Crippen molar-refractivity contribution in [3.63, 3.8) is 0 Å². The molecule has 0 bridgehead atoms. The predicted octanol–water partition coefficient (Wildman–Crippen LogP) is 3.79. The fraction of sp³-hybridized carbons (Fsp3) is 0.400. The molecule has 2 rings (SSSR count). The summed E-state index contributed by atoms with van der Waals surface area (Å²) in [7, 11) is 0.994. The van der Waals surface area contributed by atoms with Crippen LogP contribution in [0.2, 0.25) is 0 Å². The van der Waals surface area contributed by atoms with Gasteiger partial charge >= 0.3 is 12.1 Å². The number of aromatic carboxylic acids is 1. The Balaban J connectivity index is 2.70. The van der Waals surface area contributed by atoms with E-state index in [1.54, 1.807) is 24.3 Å². The lowest BCUT2D eigenvalue weighted by molar-refractivity contribution is -0.223. The zero-order chi connectivity index (χ0) is 16.7. The van der Waals surface area contributed by atoms with E-state index in [9.17, 15) is 23.1 Å². The molecule has 1 heterocycles. The van der Waals surface area contributed by atoms with Gasteiger partial charge in [0.2, 0.25) is 0 Å². The lowest BCUT2D eigenvalue weighted by atomic mass is 10.1. The van der Waals surface area contributed by atoms with Gasteiger partial charge in [-0.2, -0.15) is 13.2 Å². The maximum Gasteiger partial charge on any atom is 0.416 e. The van der Waals surface area contributed by atoms with Gasteiger partial charge in [-0.15, -0.1) is 0 Å². The minimum atomic E-state index is -4.55. The van der Waals surface area contributed by atoms with Crippen LogP contribution < -0.4 is 0 Å². The number of hydrogen-bond acceptors (Lipinski definition) is 2. The average molecular weight is 315 g/mol. The Labute approximate surface area is 125 Å². The number of rotatable bonds is 4. The van der Waals surface area contributed by atoms with Gasteiger partial charge in [0.1, 0.15) is 0 Å². The van der Waals surface area contributed by atoms with Crippen LogP contribution in [0.15, 0.2) is 24.3 Å². The molecule has 2 atom stereocenters. The van der Waals surface area contributed by atoms with E-state index in [0.717, 1.165) is 7.11 Å². The molecule has 0 saturated heterocycles. The van der Waals surface area contributed by atoms with Gasteiger partial charge in [0.15, 0.2) is 6.10 Å². The number of nitrogens with zero attached hydrogens (tertiary/aromatic N) is 1. The second-order valence-corrected chi connectivity index (χ2v) is 5.09. The Bertz CT molecular complexity index is 706. The standard InChI is InChI=1S/C15H16F3NO3/c1-8-12(14(20)21)10-6-4-5-7-11(10)19(8)9(2)13(22-3)15(16,17)18/h4-7,9,13H,1-3H3,(H,20,21). The number of para-hydroxylation sites is 1. The zero-order valence-electron chi connectivity index (χ0n) is 12.3. The normalized spacial score (nSPS) is 15.0. The number of halogens is 3. The van der Waals surface area contributed by atoms with Gasteiger partial charge in [0.05, 0.1) is 11.6 Å². The molecular formula is C15H16F3NO3. The van der Waals surface area contributed by atoms with Gasteiger partial charge in [-0.05, 0) is 19.9 Å². The lowest BCUT2D eigenvalue weighted by Gasteiger charge is -2.28. The number of alkyl halides is 3. The first-order valence-electron chi connectivity index (χ1n) is 6.62. The van der Waals surface area contributed by atoms with E-state index in [-0.39, 0.29) is 11.3 Å². The van der Waals surface area contributed by atoms with Crippen LogP contribution in [0.3, 0.4) is 0 Å². The molecule has 1 aromatic heterocycles. The number of aromatic nitrogens is 1. The second-order valence-electron chi connectivity index (χ2n) is 5.09. The van der Waals surface area contributed by atoms with Crippen LogP contribution in [0, 0.1) is 6.92 Å². The van der Waals surface area contributed by atoms with Crippen molar-refractivity contribution in [2.24, 2.45) is 0 Å². The Morgan fingerprint density at radius 2 is 1.91 bits per heavy atom.